The number of hydrogen-bond donors (Lipinski definition) is 2. The number of hydrogen-bond acceptors (Lipinski definition) is 6. The zero-order valence-corrected chi connectivity index (χ0v) is 14.6. The average Bonchev–Trinajstić information content (AvgIpc) is 3.28. The molecule has 2 aromatic heterocycles. The molecule has 26 heavy (non-hydrogen) atoms. The van der Waals surface area contributed by atoms with Crippen LogP contribution in [0.2, 0.25) is 0 Å². The average molecular weight is 357 g/mol. The van der Waals surface area contributed by atoms with Crippen molar-refractivity contribution in [3.63, 3.8) is 0 Å². The molecule has 8 nitrogen and oxygen atoms in total. The van der Waals surface area contributed by atoms with Gasteiger partial charge in [0, 0.05) is 55.7 Å². The largest absolute Gasteiger partial charge is 0.384 e. The minimum Gasteiger partial charge on any atom is -0.384 e. The van der Waals surface area contributed by atoms with Crippen LogP contribution >= 0.6 is 0 Å². The molecular weight excluding hydrogens is 334 g/mol. The van der Waals surface area contributed by atoms with Crippen molar-refractivity contribution in [2.45, 2.75) is 50.5 Å². The summed E-state index contributed by atoms with van der Waals surface area (Å²) >= 11 is 0. The van der Waals surface area contributed by atoms with Gasteiger partial charge in [0.15, 0.2) is 0 Å². The van der Waals surface area contributed by atoms with E-state index in [-0.39, 0.29) is 17.5 Å². The molecule has 0 spiro atoms. The number of carbonyl (C=O) groups excluding carboxylic acids is 1. The molecule has 0 atom stereocenters. The van der Waals surface area contributed by atoms with Gasteiger partial charge in [-0.25, -0.2) is 9.97 Å². The van der Waals surface area contributed by atoms with E-state index in [4.69, 9.17) is 4.52 Å². The topological polar surface area (TPSA) is 104 Å². The smallest absolute Gasteiger partial charge is 0.280 e. The molecule has 2 N–H and O–H groups in total. The molecule has 4 rings (SSSR count). The highest BCUT2D eigenvalue weighted by Gasteiger charge is 2.32. The lowest BCUT2D eigenvalue weighted by Crippen LogP contribution is -2.43. The predicted molar refractivity (Wildman–Crippen MR) is 95.0 cm³/mol. The van der Waals surface area contributed by atoms with Gasteiger partial charge < -0.3 is 14.7 Å². The molecule has 0 bridgehead atoms. The Balaban J connectivity index is 1.24. The fourth-order valence-corrected chi connectivity index (χ4v) is 3.66. The number of carbonyl (C=O) groups is 1. The first kappa shape index (κ1) is 16.8. The fraction of sp³-hybridized carbons (Fsp3) is 0.556. The molecular formula is C18H23N5O3. The Bertz CT molecular complexity index is 818. The number of aromatic amines is 1. The van der Waals surface area contributed by atoms with Gasteiger partial charge in [0.25, 0.3) is 5.56 Å². The van der Waals surface area contributed by atoms with E-state index in [2.05, 4.69) is 31.4 Å². The molecule has 3 heterocycles. The van der Waals surface area contributed by atoms with Gasteiger partial charge in [0.1, 0.15) is 17.9 Å². The Morgan fingerprint density at radius 3 is 2.81 bits per heavy atom. The highest BCUT2D eigenvalue weighted by molar-refractivity contribution is 5.76. The van der Waals surface area contributed by atoms with E-state index in [1.807, 2.05) is 0 Å². The van der Waals surface area contributed by atoms with Gasteiger partial charge >= 0.3 is 0 Å². The van der Waals surface area contributed by atoms with Gasteiger partial charge in [-0.2, -0.15) is 5.16 Å². The number of anilines is 1. The van der Waals surface area contributed by atoms with Crippen LogP contribution in [0.15, 0.2) is 27.8 Å². The second-order valence-corrected chi connectivity index (χ2v) is 7.11. The molecule has 8 heteroatoms. The first-order chi connectivity index (χ1) is 12.7. The van der Waals surface area contributed by atoms with Crippen LogP contribution in [0.3, 0.4) is 0 Å². The Morgan fingerprint density at radius 2 is 2.08 bits per heavy atom. The minimum absolute atomic E-state index is 0.0160. The quantitative estimate of drug-likeness (QED) is 0.809. The SMILES string of the molecule is O=C(CCc1cc(=O)[nH]o1)NC1CC(c2cc(N3CCCC3)ncn2)C1. The zero-order valence-electron chi connectivity index (χ0n) is 14.6. The molecule has 2 aromatic rings. The molecule has 2 fully saturated rings. The molecule has 0 aromatic carbocycles. The Hall–Kier alpha value is -2.64. The van der Waals surface area contributed by atoms with Gasteiger partial charge in [0.2, 0.25) is 5.91 Å². The maximum Gasteiger partial charge on any atom is 0.280 e. The highest BCUT2D eigenvalue weighted by Crippen LogP contribution is 2.36. The number of aryl methyl sites for hydroxylation is 1. The predicted octanol–water partition coefficient (Wildman–Crippen LogP) is 1.35. The third kappa shape index (κ3) is 3.79. The molecule has 0 radical (unpaired) electrons. The first-order valence-corrected chi connectivity index (χ1v) is 9.21. The highest BCUT2D eigenvalue weighted by atomic mass is 16.5. The van der Waals surface area contributed by atoms with Gasteiger partial charge in [0.05, 0.1) is 0 Å². The summed E-state index contributed by atoms with van der Waals surface area (Å²) < 4.78 is 4.95. The van der Waals surface area contributed by atoms with E-state index in [9.17, 15) is 9.59 Å². The van der Waals surface area contributed by atoms with E-state index < -0.39 is 0 Å². The van der Waals surface area contributed by atoms with Crippen LogP contribution in [-0.2, 0) is 11.2 Å². The van der Waals surface area contributed by atoms with Gasteiger partial charge in [-0.05, 0) is 25.7 Å². The van der Waals surface area contributed by atoms with Gasteiger partial charge in [-0.3, -0.25) is 9.59 Å². The lowest BCUT2D eigenvalue weighted by molar-refractivity contribution is -0.122. The van der Waals surface area contributed by atoms with Crippen LogP contribution in [-0.4, -0.2) is 40.2 Å². The monoisotopic (exact) mass is 357 g/mol. The fourth-order valence-electron chi connectivity index (χ4n) is 3.66. The van der Waals surface area contributed by atoms with E-state index in [0.29, 0.717) is 24.5 Å². The molecule has 1 saturated carbocycles. The van der Waals surface area contributed by atoms with Crippen LogP contribution in [0.5, 0.6) is 0 Å². The second-order valence-electron chi connectivity index (χ2n) is 7.11. The van der Waals surface area contributed by atoms with Crippen molar-refractivity contribution in [2.75, 3.05) is 18.0 Å². The van der Waals surface area contributed by atoms with Crippen LogP contribution in [0, 0.1) is 0 Å². The summed E-state index contributed by atoms with van der Waals surface area (Å²) in [7, 11) is 0. The summed E-state index contributed by atoms with van der Waals surface area (Å²) in [5.74, 6) is 1.89. The van der Waals surface area contributed by atoms with Crippen LogP contribution < -0.4 is 15.8 Å². The molecule has 1 saturated heterocycles. The minimum atomic E-state index is -0.277. The molecule has 1 aliphatic heterocycles. The van der Waals surface area contributed by atoms with E-state index in [1.54, 1.807) is 6.33 Å². The lowest BCUT2D eigenvalue weighted by atomic mass is 9.78. The van der Waals surface area contributed by atoms with Crippen LogP contribution in [0.25, 0.3) is 0 Å². The molecule has 138 valence electrons. The Kier molecular flexibility index (Phi) is 4.73. The van der Waals surface area contributed by atoms with E-state index in [0.717, 1.165) is 37.4 Å². The standard InChI is InChI=1S/C18H23N5O3/c24-17(4-3-14-9-18(25)22-26-14)21-13-7-12(8-13)15-10-16(20-11-19-15)23-5-1-2-6-23/h9-13H,1-8H2,(H,21,24)(H,22,25). The van der Waals surface area contributed by atoms with Crippen LogP contribution in [0.1, 0.15) is 49.5 Å². The number of amides is 1. The number of aromatic nitrogens is 3. The number of nitrogens with zero attached hydrogens (tertiary/aromatic N) is 3. The zero-order chi connectivity index (χ0) is 17.9. The van der Waals surface area contributed by atoms with Crippen molar-refractivity contribution in [3.05, 3.63) is 40.3 Å². The van der Waals surface area contributed by atoms with Crippen LogP contribution in [0.4, 0.5) is 5.82 Å². The lowest BCUT2D eigenvalue weighted by Gasteiger charge is -2.35. The summed E-state index contributed by atoms with van der Waals surface area (Å²) in [5.41, 5.74) is 0.793. The third-order valence-electron chi connectivity index (χ3n) is 5.20. The normalized spacial score (nSPS) is 22.2. The summed E-state index contributed by atoms with van der Waals surface area (Å²) in [6.45, 7) is 2.14. The number of nitrogens with one attached hydrogen (secondary N) is 2. The molecule has 1 aliphatic carbocycles. The second kappa shape index (κ2) is 7.31. The van der Waals surface area contributed by atoms with Crippen molar-refractivity contribution in [3.8, 4) is 0 Å². The van der Waals surface area contributed by atoms with Crippen molar-refractivity contribution < 1.29 is 9.32 Å². The van der Waals surface area contributed by atoms with E-state index in [1.165, 1.54) is 18.9 Å². The molecule has 1 amide bonds. The Morgan fingerprint density at radius 1 is 1.27 bits per heavy atom. The summed E-state index contributed by atoms with van der Waals surface area (Å²) in [6.07, 6.45) is 6.65. The maximum absolute atomic E-state index is 12.0. The summed E-state index contributed by atoms with van der Waals surface area (Å²) in [4.78, 5) is 34.1. The Labute approximate surface area is 151 Å². The third-order valence-corrected chi connectivity index (χ3v) is 5.20. The van der Waals surface area contributed by atoms with Crippen molar-refractivity contribution in [1.29, 1.82) is 0 Å². The van der Waals surface area contributed by atoms with Crippen molar-refractivity contribution in [2.24, 2.45) is 0 Å². The van der Waals surface area contributed by atoms with Gasteiger partial charge in [-0.1, -0.05) is 0 Å². The first-order valence-electron chi connectivity index (χ1n) is 9.21. The summed E-state index contributed by atoms with van der Waals surface area (Å²) in [5, 5.41) is 5.27. The number of rotatable bonds is 6. The molecule has 0 unspecified atom stereocenters. The number of H-pyrrole nitrogens is 1. The maximum atomic E-state index is 12.0. The van der Waals surface area contributed by atoms with Gasteiger partial charge in [-0.15, -0.1) is 0 Å². The summed E-state index contributed by atoms with van der Waals surface area (Å²) in [6, 6.07) is 3.66. The molecule has 2 aliphatic rings. The van der Waals surface area contributed by atoms with Crippen molar-refractivity contribution in [1.82, 2.24) is 20.4 Å². The van der Waals surface area contributed by atoms with E-state index >= 15 is 0 Å². The van der Waals surface area contributed by atoms with Crippen molar-refractivity contribution >= 4 is 11.7 Å².